The van der Waals surface area contributed by atoms with Gasteiger partial charge >= 0.3 is 0 Å². The normalized spacial score (nSPS) is 33.2. The summed E-state index contributed by atoms with van der Waals surface area (Å²) in [4.78, 5) is 13.4. The molecule has 2 fully saturated rings. The fraction of sp³-hybridized carbons (Fsp3) is 0.909. The number of amides is 1. The smallest absolute Gasteiger partial charge is 0.251 e. The van der Waals surface area contributed by atoms with Crippen LogP contribution in [-0.2, 0) is 19.6 Å². The quantitative estimate of drug-likeness (QED) is 0.683. The molecule has 0 bridgehead atoms. The van der Waals surface area contributed by atoms with Gasteiger partial charge in [-0.25, -0.2) is 8.42 Å². The van der Waals surface area contributed by atoms with Gasteiger partial charge in [-0.05, 0) is 18.8 Å². The summed E-state index contributed by atoms with van der Waals surface area (Å²) in [5.41, 5.74) is 0. The number of rotatable bonds is 2. The molecule has 0 N–H and O–H groups in total. The third-order valence-electron chi connectivity index (χ3n) is 3.70. The Morgan fingerprint density at radius 3 is 2.61 bits per heavy atom. The van der Waals surface area contributed by atoms with Crippen molar-refractivity contribution in [3.05, 3.63) is 0 Å². The molecule has 1 amide bonds. The van der Waals surface area contributed by atoms with Gasteiger partial charge in [-0.15, -0.1) is 0 Å². The van der Waals surface area contributed by atoms with Crippen molar-refractivity contribution < 1.29 is 17.9 Å². The first-order valence-electron chi connectivity index (χ1n) is 6.11. The summed E-state index contributed by atoms with van der Waals surface area (Å²) < 4.78 is 30.1. The Morgan fingerprint density at radius 2 is 2.06 bits per heavy atom. The molecule has 0 aromatic heterocycles. The number of nitrogens with zero attached hydrogens (tertiary/aromatic N) is 2. The second kappa shape index (κ2) is 4.79. The van der Waals surface area contributed by atoms with E-state index in [-0.39, 0.29) is 12.0 Å². The van der Waals surface area contributed by atoms with Gasteiger partial charge in [0.1, 0.15) is 6.10 Å². The van der Waals surface area contributed by atoms with Crippen LogP contribution in [0.15, 0.2) is 0 Å². The van der Waals surface area contributed by atoms with Crippen LogP contribution >= 0.6 is 0 Å². The van der Waals surface area contributed by atoms with Crippen molar-refractivity contribution in [3.8, 4) is 0 Å². The number of fused-ring (bicyclic) bond motifs is 1. The second-order valence-electron chi connectivity index (χ2n) is 5.30. The van der Waals surface area contributed by atoms with E-state index in [1.165, 1.54) is 15.5 Å². The first-order valence-corrected chi connectivity index (χ1v) is 7.95. The van der Waals surface area contributed by atoms with Crippen molar-refractivity contribution >= 4 is 15.9 Å². The lowest BCUT2D eigenvalue weighted by atomic mass is 9.93. The van der Waals surface area contributed by atoms with Gasteiger partial charge in [0.25, 0.3) is 5.91 Å². The molecule has 18 heavy (non-hydrogen) atoms. The van der Waals surface area contributed by atoms with Gasteiger partial charge in [-0.2, -0.15) is 4.31 Å². The van der Waals surface area contributed by atoms with Crippen LogP contribution in [0.25, 0.3) is 0 Å². The topological polar surface area (TPSA) is 66.9 Å². The Bertz CT molecular complexity index is 434. The average molecular weight is 276 g/mol. The highest BCUT2D eigenvalue weighted by Crippen LogP contribution is 2.34. The Morgan fingerprint density at radius 1 is 1.39 bits per heavy atom. The molecule has 0 aromatic carbocycles. The largest absolute Gasteiger partial charge is 0.363 e. The lowest BCUT2D eigenvalue weighted by Crippen LogP contribution is -2.45. The molecule has 2 heterocycles. The molecule has 2 aliphatic rings. The van der Waals surface area contributed by atoms with Crippen LogP contribution in [0.4, 0.5) is 0 Å². The van der Waals surface area contributed by atoms with E-state index in [2.05, 4.69) is 0 Å². The van der Waals surface area contributed by atoms with Crippen LogP contribution in [0.3, 0.4) is 0 Å². The highest BCUT2D eigenvalue weighted by Gasteiger charge is 2.43. The maximum absolute atomic E-state index is 11.8. The molecule has 7 heteroatoms. The summed E-state index contributed by atoms with van der Waals surface area (Å²) >= 11 is 0. The summed E-state index contributed by atoms with van der Waals surface area (Å²) in [6.45, 7) is 0.910. The molecule has 6 nitrogen and oxygen atoms in total. The first-order chi connectivity index (χ1) is 8.29. The Balaban J connectivity index is 2.02. The fourth-order valence-corrected chi connectivity index (χ4v) is 3.51. The van der Waals surface area contributed by atoms with Gasteiger partial charge < -0.3 is 9.64 Å². The molecule has 2 aliphatic heterocycles. The first kappa shape index (κ1) is 13.8. The predicted molar refractivity (Wildman–Crippen MR) is 66.5 cm³/mol. The van der Waals surface area contributed by atoms with Crippen LogP contribution in [0, 0.1) is 5.92 Å². The van der Waals surface area contributed by atoms with Gasteiger partial charge in [0.05, 0.1) is 12.4 Å². The van der Waals surface area contributed by atoms with Gasteiger partial charge in [0, 0.05) is 27.2 Å². The number of ether oxygens (including phenoxy) is 1. The highest BCUT2D eigenvalue weighted by atomic mass is 32.2. The molecule has 3 atom stereocenters. The molecule has 0 spiro atoms. The van der Waals surface area contributed by atoms with Crippen molar-refractivity contribution in [2.75, 3.05) is 33.4 Å². The zero-order valence-electron chi connectivity index (χ0n) is 11.0. The molecule has 0 radical (unpaired) electrons. The van der Waals surface area contributed by atoms with Crippen molar-refractivity contribution in [2.24, 2.45) is 5.92 Å². The maximum Gasteiger partial charge on any atom is 0.251 e. The van der Waals surface area contributed by atoms with E-state index in [1.807, 2.05) is 0 Å². The Kier molecular flexibility index (Phi) is 3.66. The molecular weight excluding hydrogens is 256 g/mol. The molecule has 2 rings (SSSR count). The van der Waals surface area contributed by atoms with Crippen LogP contribution in [-0.4, -0.2) is 69.2 Å². The fourth-order valence-electron chi connectivity index (χ4n) is 2.65. The molecule has 104 valence electrons. The minimum Gasteiger partial charge on any atom is -0.363 e. The summed E-state index contributed by atoms with van der Waals surface area (Å²) in [5, 5.41) is 0. The lowest BCUT2D eigenvalue weighted by Gasteiger charge is -2.32. The van der Waals surface area contributed by atoms with Crippen molar-refractivity contribution in [2.45, 2.75) is 25.0 Å². The lowest BCUT2D eigenvalue weighted by molar-refractivity contribution is -0.140. The number of hydrogen-bond donors (Lipinski definition) is 0. The third kappa shape index (κ3) is 2.67. The van der Waals surface area contributed by atoms with Crippen LogP contribution in [0.2, 0.25) is 0 Å². The number of hydrogen-bond acceptors (Lipinski definition) is 4. The minimum absolute atomic E-state index is 0.0321. The molecular formula is C11H20N2O4S. The average Bonchev–Trinajstić information content (AvgIpc) is 2.68. The van der Waals surface area contributed by atoms with Crippen LogP contribution in [0.5, 0.6) is 0 Å². The zero-order chi connectivity index (χ0) is 13.5. The monoisotopic (exact) mass is 276 g/mol. The Hall–Kier alpha value is -0.660. The minimum atomic E-state index is -3.16. The number of carbonyl (C=O) groups is 1. The van der Waals surface area contributed by atoms with Crippen LogP contribution in [0.1, 0.15) is 12.8 Å². The number of likely N-dealkylation sites (N-methyl/N-ethyl adjacent to an activating group) is 1. The second-order valence-corrected chi connectivity index (χ2v) is 7.28. The molecule has 2 saturated heterocycles. The number of sulfonamides is 1. The Labute approximate surface area is 108 Å². The third-order valence-corrected chi connectivity index (χ3v) is 4.97. The molecule has 0 aromatic rings. The van der Waals surface area contributed by atoms with E-state index >= 15 is 0 Å². The SMILES string of the molecule is CN(C)C(=O)[C@H]1C[C@@H]2CCN(S(C)(=O)=O)C[C@H]2O1. The van der Waals surface area contributed by atoms with Gasteiger partial charge in [0.15, 0.2) is 0 Å². The van der Waals surface area contributed by atoms with Gasteiger partial charge in [-0.3, -0.25) is 4.79 Å². The summed E-state index contributed by atoms with van der Waals surface area (Å²) in [7, 11) is 0.249. The summed E-state index contributed by atoms with van der Waals surface area (Å²) in [5.74, 6) is 0.271. The van der Waals surface area contributed by atoms with Gasteiger partial charge in [-0.1, -0.05) is 0 Å². The number of carbonyl (C=O) groups excluding carboxylic acids is 1. The van der Waals surface area contributed by atoms with Crippen LogP contribution < -0.4 is 0 Å². The molecule has 0 aliphatic carbocycles. The molecule has 0 unspecified atom stereocenters. The maximum atomic E-state index is 11.8. The van der Waals surface area contributed by atoms with E-state index in [4.69, 9.17) is 4.74 Å². The van der Waals surface area contributed by atoms with Crippen molar-refractivity contribution in [1.29, 1.82) is 0 Å². The van der Waals surface area contributed by atoms with Crippen molar-refractivity contribution in [3.63, 3.8) is 0 Å². The zero-order valence-corrected chi connectivity index (χ0v) is 11.8. The van der Waals surface area contributed by atoms with E-state index in [0.29, 0.717) is 25.4 Å². The van der Waals surface area contributed by atoms with E-state index in [1.54, 1.807) is 14.1 Å². The van der Waals surface area contributed by atoms with Gasteiger partial charge in [0.2, 0.25) is 10.0 Å². The molecule has 0 saturated carbocycles. The predicted octanol–water partition coefficient (Wildman–Crippen LogP) is -0.486. The standard InChI is InChI=1S/C11H20N2O4S/c1-12(2)11(14)9-6-8-4-5-13(18(3,15)16)7-10(8)17-9/h8-10H,4-7H2,1-3H3/t8-,9+,10+/m0/s1. The van der Waals surface area contributed by atoms with E-state index in [0.717, 1.165) is 6.42 Å². The number of piperidine rings is 1. The van der Waals surface area contributed by atoms with E-state index in [9.17, 15) is 13.2 Å². The highest BCUT2D eigenvalue weighted by molar-refractivity contribution is 7.88. The summed E-state index contributed by atoms with van der Waals surface area (Å²) in [6.07, 6.45) is 2.15. The van der Waals surface area contributed by atoms with Crippen molar-refractivity contribution in [1.82, 2.24) is 9.21 Å². The van der Waals surface area contributed by atoms with E-state index < -0.39 is 16.1 Å². The summed E-state index contributed by atoms with van der Waals surface area (Å²) in [6, 6.07) is 0.